The fourth-order valence-corrected chi connectivity index (χ4v) is 2.95. The normalized spacial score (nSPS) is 15.3. The van der Waals surface area contributed by atoms with Crippen LogP contribution in [0.25, 0.3) is 11.1 Å². The van der Waals surface area contributed by atoms with E-state index in [4.69, 9.17) is 4.74 Å². The molecule has 2 heterocycles. The molecule has 128 valence electrons. The molecule has 0 spiro atoms. The lowest BCUT2D eigenvalue weighted by Gasteiger charge is -2.36. The minimum absolute atomic E-state index is 0.237. The van der Waals surface area contributed by atoms with Crippen LogP contribution in [-0.2, 0) is 0 Å². The van der Waals surface area contributed by atoms with Crippen LogP contribution < -0.4 is 9.64 Å². The maximum Gasteiger partial charge on any atom is 0.140 e. The van der Waals surface area contributed by atoms with Gasteiger partial charge in [0.15, 0.2) is 0 Å². The second-order valence-corrected chi connectivity index (χ2v) is 7.35. The van der Waals surface area contributed by atoms with Crippen LogP contribution >= 0.6 is 0 Å². The van der Waals surface area contributed by atoms with Crippen LogP contribution in [0.5, 0.6) is 5.75 Å². The first-order chi connectivity index (χ1) is 11.2. The van der Waals surface area contributed by atoms with Crippen molar-refractivity contribution in [1.82, 2.24) is 9.97 Å². The van der Waals surface area contributed by atoms with Crippen LogP contribution in [-0.4, -0.2) is 34.8 Å². The van der Waals surface area contributed by atoms with Crippen molar-refractivity contribution in [2.45, 2.75) is 46.4 Å². The molecule has 1 saturated heterocycles. The van der Waals surface area contributed by atoms with Gasteiger partial charge in [-0.1, -0.05) is 6.07 Å². The minimum Gasteiger partial charge on any atom is -0.488 e. The van der Waals surface area contributed by atoms with Crippen molar-refractivity contribution in [2.75, 3.05) is 18.0 Å². The molecule has 1 aliphatic heterocycles. The van der Waals surface area contributed by atoms with Crippen LogP contribution in [0.3, 0.4) is 0 Å². The number of hydrogen-bond donors (Lipinski definition) is 0. The summed E-state index contributed by atoms with van der Waals surface area (Å²) in [5, 5.41) is 0. The van der Waals surface area contributed by atoms with Crippen LogP contribution in [0.4, 0.5) is 10.2 Å². The summed E-state index contributed by atoms with van der Waals surface area (Å²) in [4.78, 5) is 10.7. The summed E-state index contributed by atoms with van der Waals surface area (Å²) in [5.74, 6) is 1.65. The third-order valence-corrected chi connectivity index (χ3v) is 4.04. The van der Waals surface area contributed by atoms with E-state index >= 15 is 0 Å². The molecule has 4 nitrogen and oxygen atoms in total. The molecule has 0 amide bonds. The monoisotopic (exact) mass is 329 g/mol. The number of alkyl halides is 1. The van der Waals surface area contributed by atoms with E-state index in [1.165, 1.54) is 0 Å². The van der Waals surface area contributed by atoms with E-state index in [1.54, 1.807) is 6.33 Å². The van der Waals surface area contributed by atoms with E-state index < -0.39 is 6.17 Å². The van der Waals surface area contributed by atoms with Crippen molar-refractivity contribution in [2.24, 2.45) is 0 Å². The number of nitrogens with zero attached hydrogens (tertiary/aromatic N) is 3. The molecule has 1 fully saturated rings. The number of hydrogen-bond acceptors (Lipinski definition) is 4. The summed E-state index contributed by atoms with van der Waals surface area (Å²) in [6, 6.07) is 6.04. The van der Waals surface area contributed by atoms with Gasteiger partial charge in [-0.15, -0.1) is 0 Å². The standard InChI is InChI=1S/C19H24FN3O/c1-12-8-15(24-19(3,4)5)6-7-16(12)17-13(2)21-11-22-18(17)23-9-14(20)10-23/h6-8,11,14H,9-10H2,1-5H3. The van der Waals surface area contributed by atoms with Crippen molar-refractivity contribution in [3.05, 3.63) is 35.8 Å². The molecule has 24 heavy (non-hydrogen) atoms. The van der Waals surface area contributed by atoms with Crippen LogP contribution in [0, 0.1) is 13.8 Å². The van der Waals surface area contributed by atoms with Gasteiger partial charge in [0.05, 0.1) is 18.8 Å². The van der Waals surface area contributed by atoms with Crippen LogP contribution in [0.15, 0.2) is 24.5 Å². The molecule has 0 bridgehead atoms. The van der Waals surface area contributed by atoms with Crippen LogP contribution in [0.2, 0.25) is 0 Å². The van der Waals surface area contributed by atoms with Gasteiger partial charge >= 0.3 is 0 Å². The zero-order chi connectivity index (χ0) is 17.5. The zero-order valence-electron chi connectivity index (χ0n) is 14.9. The summed E-state index contributed by atoms with van der Waals surface area (Å²) in [5.41, 5.74) is 3.79. The molecular weight excluding hydrogens is 305 g/mol. The largest absolute Gasteiger partial charge is 0.488 e. The quantitative estimate of drug-likeness (QED) is 0.850. The summed E-state index contributed by atoms with van der Waals surface area (Å²) in [6.07, 6.45) is 0.781. The molecule has 0 saturated carbocycles. The Morgan fingerprint density at radius 3 is 2.46 bits per heavy atom. The van der Waals surface area contributed by atoms with Gasteiger partial charge in [-0.25, -0.2) is 14.4 Å². The minimum atomic E-state index is -0.767. The van der Waals surface area contributed by atoms with Crippen molar-refractivity contribution >= 4 is 5.82 Å². The van der Waals surface area contributed by atoms with Gasteiger partial charge in [-0.2, -0.15) is 0 Å². The summed E-state index contributed by atoms with van der Waals surface area (Å²) in [7, 11) is 0. The van der Waals surface area contributed by atoms with E-state index in [9.17, 15) is 4.39 Å². The van der Waals surface area contributed by atoms with Crippen molar-refractivity contribution in [1.29, 1.82) is 0 Å². The lowest BCUT2D eigenvalue weighted by Crippen LogP contribution is -2.49. The SMILES string of the molecule is Cc1cc(OC(C)(C)C)ccc1-c1c(C)ncnc1N1CC(F)C1. The number of aryl methyl sites for hydroxylation is 2. The number of anilines is 1. The highest BCUT2D eigenvalue weighted by molar-refractivity contribution is 5.80. The van der Waals surface area contributed by atoms with E-state index in [1.807, 2.05) is 50.8 Å². The Morgan fingerprint density at radius 2 is 1.88 bits per heavy atom. The van der Waals surface area contributed by atoms with Gasteiger partial charge in [-0.3, -0.25) is 0 Å². The Balaban J connectivity index is 2.00. The predicted molar refractivity (Wildman–Crippen MR) is 94.4 cm³/mol. The molecule has 0 N–H and O–H groups in total. The fourth-order valence-electron chi connectivity index (χ4n) is 2.95. The molecule has 1 aliphatic rings. The molecule has 0 unspecified atom stereocenters. The zero-order valence-corrected chi connectivity index (χ0v) is 14.9. The van der Waals surface area contributed by atoms with Gasteiger partial charge in [0.1, 0.15) is 29.7 Å². The summed E-state index contributed by atoms with van der Waals surface area (Å²) in [6.45, 7) is 10.9. The Morgan fingerprint density at radius 1 is 1.17 bits per heavy atom. The Hall–Kier alpha value is -2.17. The molecule has 1 aromatic heterocycles. The predicted octanol–water partition coefficient (Wildman–Crippen LogP) is 4.10. The van der Waals surface area contributed by atoms with Gasteiger partial charge in [0.2, 0.25) is 0 Å². The topological polar surface area (TPSA) is 38.3 Å². The third-order valence-electron chi connectivity index (χ3n) is 4.04. The molecule has 2 aromatic rings. The van der Waals surface area contributed by atoms with Gasteiger partial charge in [0.25, 0.3) is 0 Å². The van der Waals surface area contributed by atoms with Crippen LogP contribution in [0.1, 0.15) is 32.0 Å². The number of ether oxygens (including phenoxy) is 1. The molecule has 5 heteroatoms. The fraction of sp³-hybridized carbons (Fsp3) is 0.474. The average molecular weight is 329 g/mol. The average Bonchev–Trinajstić information content (AvgIpc) is 2.43. The molecule has 3 rings (SSSR count). The first kappa shape index (κ1) is 16.7. The number of halogens is 1. The Bertz CT molecular complexity index is 749. The van der Waals surface area contributed by atoms with Crippen molar-refractivity contribution in [3.8, 4) is 16.9 Å². The Kier molecular flexibility index (Phi) is 4.20. The number of benzene rings is 1. The molecular formula is C19H24FN3O. The highest BCUT2D eigenvalue weighted by Gasteiger charge is 2.30. The smallest absolute Gasteiger partial charge is 0.140 e. The van der Waals surface area contributed by atoms with E-state index in [0.717, 1.165) is 34.0 Å². The summed E-state index contributed by atoms with van der Waals surface area (Å²) < 4.78 is 19.2. The van der Waals surface area contributed by atoms with Crippen molar-refractivity contribution < 1.29 is 9.13 Å². The van der Waals surface area contributed by atoms with E-state index in [2.05, 4.69) is 16.9 Å². The molecule has 1 aromatic carbocycles. The van der Waals surface area contributed by atoms with Crippen molar-refractivity contribution in [3.63, 3.8) is 0 Å². The van der Waals surface area contributed by atoms with Gasteiger partial charge in [0, 0.05) is 5.56 Å². The van der Waals surface area contributed by atoms with E-state index in [-0.39, 0.29) is 5.60 Å². The second kappa shape index (κ2) is 6.04. The second-order valence-electron chi connectivity index (χ2n) is 7.35. The van der Waals surface area contributed by atoms with E-state index in [0.29, 0.717) is 13.1 Å². The third kappa shape index (κ3) is 3.35. The highest BCUT2D eigenvalue weighted by atomic mass is 19.1. The lowest BCUT2D eigenvalue weighted by atomic mass is 9.98. The maximum atomic E-state index is 13.3. The number of rotatable bonds is 3. The van der Waals surface area contributed by atoms with Gasteiger partial charge in [-0.05, 0) is 57.9 Å². The highest BCUT2D eigenvalue weighted by Crippen LogP contribution is 2.37. The maximum absolute atomic E-state index is 13.3. The first-order valence-electron chi connectivity index (χ1n) is 8.25. The number of aromatic nitrogens is 2. The lowest BCUT2D eigenvalue weighted by molar-refractivity contribution is 0.131. The summed E-state index contributed by atoms with van der Waals surface area (Å²) >= 11 is 0. The first-order valence-corrected chi connectivity index (χ1v) is 8.25. The van der Waals surface area contributed by atoms with Gasteiger partial charge < -0.3 is 9.64 Å². The molecule has 0 radical (unpaired) electrons. The Labute approximate surface area is 142 Å². The molecule has 0 atom stereocenters. The molecule has 0 aliphatic carbocycles.